The van der Waals surface area contributed by atoms with E-state index in [-0.39, 0.29) is 31.1 Å². The second kappa shape index (κ2) is 7.55. The van der Waals surface area contributed by atoms with E-state index in [0.29, 0.717) is 6.07 Å². The minimum Gasteiger partial charge on any atom is -0.207 e. The lowest BCUT2D eigenvalue weighted by atomic mass is 10.3. The molecule has 6 nitrogen and oxygen atoms in total. The van der Waals surface area contributed by atoms with Crippen molar-refractivity contribution in [3.05, 3.63) is 58.6 Å². The number of piperazine rings is 1. The maximum Gasteiger partial charge on any atom is 0.246 e. The van der Waals surface area contributed by atoms with Crippen molar-refractivity contribution in [2.24, 2.45) is 0 Å². The lowest BCUT2D eigenvalue weighted by Crippen LogP contribution is -2.50. The topological polar surface area (TPSA) is 74.8 Å². The van der Waals surface area contributed by atoms with Crippen LogP contribution in [0.15, 0.2) is 56.7 Å². The second-order valence-corrected chi connectivity index (χ2v) is 10.6. The van der Waals surface area contributed by atoms with E-state index in [1.807, 2.05) is 0 Å². The van der Waals surface area contributed by atoms with Gasteiger partial charge in [0, 0.05) is 36.7 Å². The Kier molecular flexibility index (Phi) is 5.69. The molecule has 0 spiro atoms. The van der Waals surface area contributed by atoms with Crippen molar-refractivity contribution in [2.45, 2.75) is 9.79 Å². The molecule has 0 aromatic heterocycles. The van der Waals surface area contributed by atoms with Gasteiger partial charge in [-0.25, -0.2) is 25.6 Å². The molecule has 0 amide bonds. The fourth-order valence-corrected chi connectivity index (χ4v) is 5.88. The lowest BCUT2D eigenvalue weighted by Gasteiger charge is -2.33. The van der Waals surface area contributed by atoms with Gasteiger partial charge in [0.25, 0.3) is 0 Å². The van der Waals surface area contributed by atoms with E-state index in [1.165, 1.54) is 16.4 Å². The van der Waals surface area contributed by atoms with Gasteiger partial charge in [-0.05, 0) is 36.4 Å². The molecule has 11 heteroatoms. The molecule has 27 heavy (non-hydrogen) atoms. The van der Waals surface area contributed by atoms with Crippen LogP contribution < -0.4 is 0 Å². The van der Waals surface area contributed by atoms with Gasteiger partial charge in [0.05, 0.1) is 4.90 Å². The van der Waals surface area contributed by atoms with Crippen LogP contribution in [0.4, 0.5) is 8.78 Å². The average molecular weight is 481 g/mol. The van der Waals surface area contributed by atoms with Crippen LogP contribution in [0.1, 0.15) is 0 Å². The average Bonchev–Trinajstić information content (AvgIpc) is 2.62. The fraction of sp³-hybridized carbons (Fsp3) is 0.250. The first-order chi connectivity index (χ1) is 12.6. The molecule has 0 radical (unpaired) electrons. The molecule has 0 aliphatic carbocycles. The number of hydrogen-bond donors (Lipinski definition) is 0. The molecule has 3 rings (SSSR count). The molecule has 0 atom stereocenters. The first kappa shape index (κ1) is 20.3. The smallest absolute Gasteiger partial charge is 0.207 e. The molecule has 2 aromatic carbocycles. The van der Waals surface area contributed by atoms with Crippen molar-refractivity contribution in [1.29, 1.82) is 0 Å². The van der Waals surface area contributed by atoms with E-state index in [9.17, 15) is 25.6 Å². The third-order valence-electron chi connectivity index (χ3n) is 4.16. The number of nitrogens with zero attached hydrogens (tertiary/aromatic N) is 2. The Balaban J connectivity index is 1.77. The van der Waals surface area contributed by atoms with Gasteiger partial charge in [0.2, 0.25) is 20.0 Å². The summed E-state index contributed by atoms with van der Waals surface area (Å²) in [6.07, 6.45) is 0. The molecule has 1 fully saturated rings. The molecule has 1 saturated heterocycles. The Labute approximate surface area is 164 Å². The van der Waals surface area contributed by atoms with Crippen molar-refractivity contribution in [3.63, 3.8) is 0 Å². The van der Waals surface area contributed by atoms with Crippen molar-refractivity contribution in [1.82, 2.24) is 8.61 Å². The van der Waals surface area contributed by atoms with Gasteiger partial charge in [-0.1, -0.05) is 15.9 Å². The minimum atomic E-state index is -4.18. The largest absolute Gasteiger partial charge is 0.246 e. The van der Waals surface area contributed by atoms with Crippen LogP contribution in [-0.2, 0) is 20.0 Å². The molecule has 0 unspecified atom stereocenters. The van der Waals surface area contributed by atoms with Crippen molar-refractivity contribution in [2.75, 3.05) is 26.2 Å². The van der Waals surface area contributed by atoms with Crippen LogP contribution >= 0.6 is 15.9 Å². The highest BCUT2D eigenvalue weighted by Gasteiger charge is 2.34. The summed E-state index contributed by atoms with van der Waals surface area (Å²) in [6, 6.07) is 8.35. The Morgan fingerprint density at radius 2 is 1.30 bits per heavy atom. The number of rotatable bonds is 4. The SMILES string of the molecule is O=S(=O)(c1ccc(Br)cc1)N1CCN(S(=O)(=O)c2ccc(F)cc2F)CC1. The first-order valence-electron chi connectivity index (χ1n) is 7.83. The molecule has 1 heterocycles. The highest BCUT2D eigenvalue weighted by Crippen LogP contribution is 2.24. The van der Waals surface area contributed by atoms with Gasteiger partial charge >= 0.3 is 0 Å². The molecule has 0 bridgehead atoms. The monoisotopic (exact) mass is 480 g/mol. The maximum atomic E-state index is 13.9. The van der Waals surface area contributed by atoms with E-state index < -0.39 is 36.6 Å². The van der Waals surface area contributed by atoms with Crippen LogP contribution in [0.3, 0.4) is 0 Å². The Morgan fingerprint density at radius 3 is 1.81 bits per heavy atom. The quantitative estimate of drug-likeness (QED) is 0.673. The van der Waals surface area contributed by atoms with Crippen LogP contribution in [0.25, 0.3) is 0 Å². The lowest BCUT2D eigenvalue weighted by molar-refractivity contribution is 0.272. The van der Waals surface area contributed by atoms with Crippen molar-refractivity contribution >= 4 is 36.0 Å². The molecule has 1 aliphatic heterocycles. The van der Waals surface area contributed by atoms with E-state index in [1.54, 1.807) is 12.1 Å². The summed E-state index contributed by atoms with van der Waals surface area (Å²) in [5.74, 6) is -2.06. The maximum absolute atomic E-state index is 13.9. The Hall–Kier alpha value is -1.40. The van der Waals surface area contributed by atoms with Gasteiger partial charge in [0.1, 0.15) is 16.5 Å². The van der Waals surface area contributed by atoms with Gasteiger partial charge in [-0.15, -0.1) is 0 Å². The van der Waals surface area contributed by atoms with Crippen LogP contribution in [0.2, 0.25) is 0 Å². The second-order valence-electron chi connectivity index (χ2n) is 5.84. The summed E-state index contributed by atoms with van der Waals surface area (Å²) in [6.45, 7) is -0.398. The van der Waals surface area contributed by atoms with Gasteiger partial charge in [-0.3, -0.25) is 0 Å². The number of hydrogen-bond acceptors (Lipinski definition) is 4. The third-order valence-corrected chi connectivity index (χ3v) is 8.53. The zero-order valence-electron chi connectivity index (χ0n) is 13.8. The van der Waals surface area contributed by atoms with E-state index in [4.69, 9.17) is 0 Å². The van der Waals surface area contributed by atoms with Crippen molar-refractivity contribution < 1.29 is 25.6 Å². The zero-order valence-corrected chi connectivity index (χ0v) is 17.1. The molecule has 0 N–H and O–H groups in total. The number of sulfonamides is 2. The van der Waals surface area contributed by atoms with Crippen LogP contribution in [0, 0.1) is 11.6 Å². The van der Waals surface area contributed by atoms with Gasteiger partial charge in [0.15, 0.2) is 0 Å². The third kappa shape index (κ3) is 4.06. The first-order valence-corrected chi connectivity index (χ1v) is 11.5. The summed E-state index contributed by atoms with van der Waals surface area (Å²) in [5.41, 5.74) is 0. The Morgan fingerprint density at radius 1 is 0.778 bits per heavy atom. The van der Waals surface area contributed by atoms with Gasteiger partial charge < -0.3 is 0 Å². The molecule has 1 aliphatic rings. The summed E-state index contributed by atoms with van der Waals surface area (Å²) < 4.78 is 80.3. The van der Waals surface area contributed by atoms with E-state index in [0.717, 1.165) is 20.9 Å². The molecular weight excluding hydrogens is 466 g/mol. The minimum absolute atomic E-state index is 0.0690. The summed E-state index contributed by atoms with van der Waals surface area (Å²) in [5, 5.41) is 0. The van der Waals surface area contributed by atoms with Crippen LogP contribution in [-0.4, -0.2) is 51.6 Å². The highest BCUT2D eigenvalue weighted by atomic mass is 79.9. The van der Waals surface area contributed by atoms with Crippen LogP contribution in [0.5, 0.6) is 0 Å². The summed E-state index contributed by atoms with van der Waals surface area (Å²) in [7, 11) is -7.94. The predicted octanol–water partition coefficient (Wildman–Crippen LogP) is 2.42. The molecule has 2 aromatic rings. The molecule has 146 valence electrons. The van der Waals surface area contributed by atoms with E-state index >= 15 is 0 Å². The van der Waals surface area contributed by atoms with E-state index in [2.05, 4.69) is 15.9 Å². The fourth-order valence-electron chi connectivity index (χ4n) is 2.73. The molecular formula is C16H15BrF2N2O4S2. The highest BCUT2D eigenvalue weighted by molar-refractivity contribution is 9.10. The molecule has 0 saturated carbocycles. The van der Waals surface area contributed by atoms with Gasteiger partial charge in [-0.2, -0.15) is 8.61 Å². The predicted molar refractivity (Wildman–Crippen MR) is 98.0 cm³/mol. The Bertz CT molecular complexity index is 1050. The number of halogens is 3. The summed E-state index contributed by atoms with van der Waals surface area (Å²) in [4.78, 5) is -0.528. The standard InChI is InChI=1S/C16H15BrF2N2O4S2/c17-12-1-4-14(5-2-12)26(22,23)20-7-9-21(10-8-20)27(24,25)16-6-3-13(18)11-15(16)19/h1-6,11H,7-10H2. The normalized spacial score (nSPS) is 17.1. The zero-order chi connectivity index (χ0) is 19.8. The summed E-state index contributed by atoms with van der Waals surface area (Å²) >= 11 is 3.23. The van der Waals surface area contributed by atoms with Crippen molar-refractivity contribution in [3.8, 4) is 0 Å². The number of benzene rings is 2.